The largest absolute Gasteiger partial charge is 0.437 e. The fourth-order valence-electron chi connectivity index (χ4n) is 4.65. The maximum absolute atomic E-state index is 6.23. The highest BCUT2D eigenvalue weighted by Crippen LogP contribution is 2.33. The zero-order chi connectivity index (χ0) is 24.9. The Labute approximate surface area is 216 Å². The molecule has 2 aromatic heterocycles. The molecule has 3 heterocycles. The van der Waals surface area contributed by atoms with Crippen LogP contribution in [0.3, 0.4) is 0 Å². The maximum Gasteiger partial charge on any atom is 0.242 e. The molecule has 1 saturated heterocycles. The third kappa shape index (κ3) is 5.67. The van der Waals surface area contributed by atoms with Crippen LogP contribution in [0.1, 0.15) is 24.0 Å². The summed E-state index contributed by atoms with van der Waals surface area (Å²) in [6.07, 6.45) is 7.23. The summed E-state index contributed by atoms with van der Waals surface area (Å²) in [5.74, 6) is 1.79. The van der Waals surface area contributed by atoms with Crippen LogP contribution in [0.5, 0.6) is 11.6 Å². The molecule has 186 valence electrons. The molecule has 1 aliphatic heterocycles. The number of allylic oxidation sites excluding steroid dienone is 1. The van der Waals surface area contributed by atoms with Gasteiger partial charge in [0, 0.05) is 18.8 Å². The van der Waals surface area contributed by atoms with E-state index in [0.717, 1.165) is 46.7 Å². The highest BCUT2D eigenvalue weighted by molar-refractivity contribution is 7.17. The monoisotopic (exact) mass is 500 g/mol. The fraction of sp³-hybridized carbons (Fsp3) is 0.286. The number of benzene rings is 2. The number of likely N-dealkylation sites (tertiary alicyclic amines) is 1. The zero-order valence-electron chi connectivity index (χ0n) is 20.7. The lowest BCUT2D eigenvalue weighted by molar-refractivity contribution is 0.114. The molecule has 1 unspecified atom stereocenters. The van der Waals surface area contributed by atoms with Gasteiger partial charge in [-0.3, -0.25) is 9.80 Å². The van der Waals surface area contributed by atoms with Gasteiger partial charge in [-0.25, -0.2) is 4.98 Å². The Kier molecular flexibility index (Phi) is 7.46. The van der Waals surface area contributed by atoms with E-state index in [4.69, 9.17) is 20.4 Å². The van der Waals surface area contributed by atoms with Gasteiger partial charge in [0.1, 0.15) is 10.4 Å². The number of nitrogens with zero attached hydrogens (tertiary/aromatic N) is 4. The first-order chi connectivity index (χ1) is 17.6. The smallest absolute Gasteiger partial charge is 0.242 e. The van der Waals surface area contributed by atoms with Gasteiger partial charge < -0.3 is 15.8 Å². The van der Waals surface area contributed by atoms with Crippen molar-refractivity contribution in [2.24, 2.45) is 5.73 Å². The first-order valence-electron chi connectivity index (χ1n) is 12.2. The van der Waals surface area contributed by atoms with Crippen LogP contribution < -0.4 is 15.8 Å². The Morgan fingerprint density at radius 3 is 2.81 bits per heavy atom. The van der Waals surface area contributed by atoms with E-state index in [1.54, 1.807) is 17.5 Å². The van der Waals surface area contributed by atoms with Crippen LogP contribution in [0, 0.1) is 0 Å². The molecule has 1 fully saturated rings. The van der Waals surface area contributed by atoms with Crippen molar-refractivity contribution < 1.29 is 4.74 Å². The van der Waals surface area contributed by atoms with Gasteiger partial charge in [0.25, 0.3) is 0 Å². The second-order valence-electron chi connectivity index (χ2n) is 9.25. The van der Waals surface area contributed by atoms with Crippen molar-refractivity contribution in [1.82, 2.24) is 19.8 Å². The van der Waals surface area contributed by atoms with Crippen molar-refractivity contribution in [1.29, 1.82) is 0 Å². The number of hydrogen-bond donors (Lipinski definition) is 2. The number of ether oxygens (including phenoxy) is 1. The summed E-state index contributed by atoms with van der Waals surface area (Å²) in [5.41, 5.74) is 9.72. The van der Waals surface area contributed by atoms with Crippen molar-refractivity contribution in [2.45, 2.75) is 32.0 Å². The van der Waals surface area contributed by atoms with Crippen LogP contribution in [0.25, 0.3) is 10.2 Å². The summed E-state index contributed by atoms with van der Waals surface area (Å²) >= 11 is 1.57. The van der Waals surface area contributed by atoms with E-state index in [-0.39, 0.29) is 0 Å². The van der Waals surface area contributed by atoms with E-state index < -0.39 is 0 Å². The molecule has 8 heteroatoms. The van der Waals surface area contributed by atoms with E-state index in [9.17, 15) is 0 Å². The third-order valence-electron chi connectivity index (χ3n) is 6.40. The van der Waals surface area contributed by atoms with Crippen LogP contribution in [0.15, 0.2) is 72.3 Å². The maximum atomic E-state index is 6.23. The Morgan fingerprint density at radius 1 is 1.14 bits per heavy atom. The first-order valence-corrected chi connectivity index (χ1v) is 13.1. The highest BCUT2D eigenvalue weighted by atomic mass is 32.1. The quantitative estimate of drug-likeness (QED) is 0.304. The summed E-state index contributed by atoms with van der Waals surface area (Å²) in [6, 6.07) is 18.5. The van der Waals surface area contributed by atoms with E-state index in [1.807, 2.05) is 35.7 Å². The first kappa shape index (κ1) is 24.2. The molecule has 5 rings (SSSR count). The molecule has 2 aromatic carbocycles. The number of fused-ring (bicyclic) bond motifs is 1. The lowest BCUT2D eigenvalue weighted by Crippen LogP contribution is -2.39. The van der Waals surface area contributed by atoms with Crippen molar-refractivity contribution >= 4 is 33.2 Å². The minimum Gasteiger partial charge on any atom is -0.437 e. The summed E-state index contributed by atoms with van der Waals surface area (Å²) < 4.78 is 7.15. The van der Waals surface area contributed by atoms with Crippen LogP contribution in [0.4, 0.5) is 11.6 Å². The highest BCUT2D eigenvalue weighted by Gasteiger charge is 2.25. The van der Waals surface area contributed by atoms with Crippen molar-refractivity contribution in [3.05, 3.63) is 83.4 Å². The molecule has 1 atom stereocenters. The molecular formula is C28H32N6OS. The molecule has 3 N–H and O–H groups in total. The summed E-state index contributed by atoms with van der Waals surface area (Å²) in [7, 11) is 4.32. The SMILES string of the molecule is CN(C)C1CCCN1Cc1ccc(Nc2nc(Oc3cccc(CC=CN)c3)c3sccc3n2)cc1. The van der Waals surface area contributed by atoms with Crippen LogP contribution in [-0.2, 0) is 13.0 Å². The molecule has 1 aliphatic rings. The molecular weight excluding hydrogens is 468 g/mol. The van der Waals surface area contributed by atoms with Gasteiger partial charge in [-0.2, -0.15) is 4.98 Å². The van der Waals surface area contributed by atoms with E-state index in [1.165, 1.54) is 18.4 Å². The van der Waals surface area contributed by atoms with Crippen molar-refractivity contribution in [3.8, 4) is 11.6 Å². The molecule has 0 amide bonds. The van der Waals surface area contributed by atoms with Crippen molar-refractivity contribution in [3.63, 3.8) is 0 Å². The van der Waals surface area contributed by atoms with E-state index in [2.05, 4.69) is 59.5 Å². The Morgan fingerprint density at radius 2 is 2.00 bits per heavy atom. The standard InChI is InChI=1S/C28H32N6OS/c1-33(2)25-9-5-16-34(25)19-21-10-12-22(13-11-21)30-28-31-24-14-17-36-26(24)27(32-28)35-23-8-3-6-20(18-23)7-4-15-29/h3-4,6,8,10-15,17-18,25H,5,7,9,16,19,29H2,1-2H3,(H,30,31,32). The average Bonchev–Trinajstić information content (AvgIpc) is 3.54. The second-order valence-corrected chi connectivity index (χ2v) is 10.2. The van der Waals surface area contributed by atoms with E-state index in [0.29, 0.717) is 18.0 Å². The van der Waals surface area contributed by atoms with Gasteiger partial charge in [-0.1, -0.05) is 30.3 Å². The molecule has 0 radical (unpaired) electrons. The molecule has 4 aromatic rings. The predicted molar refractivity (Wildman–Crippen MR) is 148 cm³/mol. The molecule has 7 nitrogen and oxygen atoms in total. The minimum absolute atomic E-state index is 0.512. The second kappa shape index (κ2) is 11.1. The Bertz CT molecular complexity index is 1330. The van der Waals surface area contributed by atoms with Crippen LogP contribution in [0.2, 0.25) is 0 Å². The summed E-state index contributed by atoms with van der Waals surface area (Å²) in [6.45, 7) is 2.10. The lowest BCUT2D eigenvalue weighted by atomic mass is 10.1. The van der Waals surface area contributed by atoms with Gasteiger partial charge in [-0.05, 0) is 86.4 Å². The molecule has 36 heavy (non-hydrogen) atoms. The molecule has 0 spiro atoms. The number of hydrogen-bond acceptors (Lipinski definition) is 8. The minimum atomic E-state index is 0.512. The van der Waals surface area contributed by atoms with Crippen molar-refractivity contribution in [2.75, 3.05) is 26.0 Å². The summed E-state index contributed by atoms with van der Waals surface area (Å²) in [5, 5.41) is 5.36. The average molecular weight is 501 g/mol. The molecule has 0 aliphatic carbocycles. The predicted octanol–water partition coefficient (Wildman–Crippen LogP) is 5.73. The van der Waals surface area contributed by atoms with Crippen LogP contribution >= 0.6 is 11.3 Å². The van der Waals surface area contributed by atoms with Gasteiger partial charge in [0.15, 0.2) is 0 Å². The number of nitrogens with one attached hydrogen (secondary N) is 1. The molecule has 0 bridgehead atoms. The Balaban J connectivity index is 1.32. The topological polar surface area (TPSA) is 79.5 Å². The number of thiophene rings is 1. The summed E-state index contributed by atoms with van der Waals surface area (Å²) in [4.78, 5) is 14.3. The Hall–Kier alpha value is -3.46. The van der Waals surface area contributed by atoms with Gasteiger partial charge in [0.2, 0.25) is 11.8 Å². The number of anilines is 2. The van der Waals surface area contributed by atoms with E-state index >= 15 is 0 Å². The van der Waals surface area contributed by atoms with Crippen LogP contribution in [-0.4, -0.2) is 46.6 Å². The fourth-order valence-corrected chi connectivity index (χ4v) is 5.40. The number of aromatic nitrogens is 2. The third-order valence-corrected chi connectivity index (χ3v) is 7.29. The van der Waals surface area contributed by atoms with Gasteiger partial charge in [0.05, 0.1) is 11.7 Å². The zero-order valence-corrected chi connectivity index (χ0v) is 21.5. The van der Waals surface area contributed by atoms with Gasteiger partial charge in [-0.15, -0.1) is 11.3 Å². The lowest BCUT2D eigenvalue weighted by Gasteiger charge is -2.29. The number of nitrogens with two attached hydrogens (primary N) is 1. The van der Waals surface area contributed by atoms with Gasteiger partial charge >= 0.3 is 0 Å². The molecule has 0 saturated carbocycles. The normalized spacial score (nSPS) is 16.4. The number of rotatable bonds is 9.